The summed E-state index contributed by atoms with van der Waals surface area (Å²) in [7, 11) is -3.36. The van der Waals surface area contributed by atoms with Gasteiger partial charge >= 0.3 is 0 Å². The molecule has 1 aromatic carbocycles. The number of amides is 1. The van der Waals surface area contributed by atoms with Gasteiger partial charge in [-0.3, -0.25) is 4.79 Å². The third-order valence-corrected chi connectivity index (χ3v) is 7.19. The molecule has 6 heteroatoms. The first-order valence-electron chi connectivity index (χ1n) is 9.87. The van der Waals surface area contributed by atoms with Gasteiger partial charge in [-0.2, -0.15) is 4.31 Å². The summed E-state index contributed by atoms with van der Waals surface area (Å²) in [6.07, 6.45) is 6.52. The van der Waals surface area contributed by atoms with Crippen LogP contribution in [0.5, 0.6) is 0 Å². The molecule has 2 fully saturated rings. The normalized spacial score (nSPS) is 18.2. The van der Waals surface area contributed by atoms with Crippen molar-refractivity contribution >= 4 is 15.9 Å². The SMILES string of the molecule is CCCN(CC1CC1)C(=O)CCc1ccc(S(=O)(=O)N2CCCC2)cc1. The monoisotopic (exact) mass is 378 g/mol. The molecule has 0 spiro atoms. The summed E-state index contributed by atoms with van der Waals surface area (Å²) in [5, 5.41) is 0. The zero-order valence-corrected chi connectivity index (χ0v) is 16.5. The molecular formula is C20H30N2O3S. The third kappa shape index (κ3) is 4.86. The van der Waals surface area contributed by atoms with Crippen molar-refractivity contribution in [3.8, 4) is 0 Å². The van der Waals surface area contributed by atoms with Gasteiger partial charge in [0.05, 0.1) is 4.90 Å². The van der Waals surface area contributed by atoms with E-state index in [1.54, 1.807) is 16.4 Å². The first-order valence-corrected chi connectivity index (χ1v) is 11.3. The van der Waals surface area contributed by atoms with Gasteiger partial charge in [-0.1, -0.05) is 19.1 Å². The van der Waals surface area contributed by atoms with E-state index in [4.69, 9.17) is 0 Å². The van der Waals surface area contributed by atoms with E-state index >= 15 is 0 Å². The summed E-state index contributed by atoms with van der Waals surface area (Å²) in [6, 6.07) is 7.06. The Balaban J connectivity index is 1.55. The fraction of sp³-hybridized carbons (Fsp3) is 0.650. The van der Waals surface area contributed by atoms with Crippen LogP contribution in [-0.4, -0.2) is 49.7 Å². The van der Waals surface area contributed by atoms with Crippen molar-refractivity contribution in [3.63, 3.8) is 0 Å². The van der Waals surface area contributed by atoms with Gasteiger partial charge in [0, 0.05) is 32.6 Å². The molecule has 1 aliphatic heterocycles. The Hall–Kier alpha value is -1.40. The first-order chi connectivity index (χ1) is 12.5. The van der Waals surface area contributed by atoms with Crippen LogP contribution < -0.4 is 0 Å². The average Bonchev–Trinajstić information content (AvgIpc) is 3.27. The zero-order valence-electron chi connectivity index (χ0n) is 15.7. The van der Waals surface area contributed by atoms with Crippen LogP contribution >= 0.6 is 0 Å². The Morgan fingerprint density at radius 1 is 1.15 bits per heavy atom. The number of sulfonamides is 1. The first kappa shape index (κ1) is 19.4. The maximum atomic E-state index is 12.5. The van der Waals surface area contributed by atoms with Gasteiger partial charge in [0.2, 0.25) is 15.9 Å². The molecule has 5 nitrogen and oxygen atoms in total. The summed E-state index contributed by atoms with van der Waals surface area (Å²) in [5.41, 5.74) is 1.02. The summed E-state index contributed by atoms with van der Waals surface area (Å²) in [4.78, 5) is 14.9. The summed E-state index contributed by atoms with van der Waals surface area (Å²) < 4.78 is 26.7. The minimum Gasteiger partial charge on any atom is -0.342 e. The second-order valence-corrected chi connectivity index (χ2v) is 9.48. The van der Waals surface area contributed by atoms with Crippen molar-refractivity contribution in [1.29, 1.82) is 0 Å². The van der Waals surface area contributed by atoms with E-state index in [1.807, 2.05) is 17.0 Å². The molecule has 0 bridgehead atoms. The Bertz CT molecular complexity index is 705. The number of hydrogen-bond acceptors (Lipinski definition) is 3. The number of hydrogen-bond donors (Lipinski definition) is 0. The van der Waals surface area contributed by atoms with Crippen molar-refractivity contribution in [3.05, 3.63) is 29.8 Å². The molecule has 0 N–H and O–H groups in total. The lowest BCUT2D eigenvalue weighted by molar-refractivity contribution is -0.131. The van der Waals surface area contributed by atoms with Crippen LogP contribution in [0, 0.1) is 5.92 Å². The number of aryl methyl sites for hydroxylation is 1. The molecule has 1 saturated carbocycles. The number of carbonyl (C=O) groups is 1. The van der Waals surface area contributed by atoms with Crippen molar-refractivity contribution in [2.45, 2.75) is 56.8 Å². The highest BCUT2D eigenvalue weighted by molar-refractivity contribution is 7.89. The van der Waals surface area contributed by atoms with E-state index in [1.165, 1.54) is 12.8 Å². The van der Waals surface area contributed by atoms with Gasteiger partial charge in [0.25, 0.3) is 0 Å². The van der Waals surface area contributed by atoms with Gasteiger partial charge in [-0.15, -0.1) is 0 Å². The van der Waals surface area contributed by atoms with Crippen LogP contribution in [0.4, 0.5) is 0 Å². The highest BCUT2D eigenvalue weighted by Gasteiger charge is 2.27. The molecule has 1 heterocycles. The van der Waals surface area contributed by atoms with E-state index in [0.29, 0.717) is 36.7 Å². The van der Waals surface area contributed by atoms with Gasteiger partial charge in [0.15, 0.2) is 0 Å². The lowest BCUT2D eigenvalue weighted by atomic mass is 10.1. The summed E-state index contributed by atoms with van der Waals surface area (Å²) in [5.74, 6) is 0.924. The van der Waals surface area contributed by atoms with Gasteiger partial charge in [0.1, 0.15) is 0 Å². The van der Waals surface area contributed by atoms with Crippen LogP contribution in [0.25, 0.3) is 0 Å². The Morgan fingerprint density at radius 2 is 1.81 bits per heavy atom. The van der Waals surface area contributed by atoms with Crippen LogP contribution in [-0.2, 0) is 21.2 Å². The summed E-state index contributed by atoms with van der Waals surface area (Å²) >= 11 is 0. The smallest absolute Gasteiger partial charge is 0.243 e. The van der Waals surface area contributed by atoms with Crippen LogP contribution in [0.15, 0.2) is 29.2 Å². The fourth-order valence-corrected chi connectivity index (χ4v) is 5.03. The van der Waals surface area contributed by atoms with Crippen molar-refractivity contribution in [2.24, 2.45) is 5.92 Å². The van der Waals surface area contributed by atoms with E-state index in [9.17, 15) is 13.2 Å². The van der Waals surface area contributed by atoms with E-state index < -0.39 is 10.0 Å². The summed E-state index contributed by atoms with van der Waals surface area (Å²) in [6.45, 7) is 5.08. The number of rotatable bonds is 9. The predicted octanol–water partition coefficient (Wildman–Crippen LogP) is 3.05. The molecule has 1 aromatic rings. The molecule has 0 radical (unpaired) electrons. The molecule has 0 aromatic heterocycles. The van der Waals surface area contributed by atoms with E-state index in [2.05, 4.69) is 6.92 Å². The molecule has 26 heavy (non-hydrogen) atoms. The quantitative estimate of drug-likeness (QED) is 0.664. The zero-order chi connectivity index (χ0) is 18.6. The molecular weight excluding hydrogens is 348 g/mol. The van der Waals surface area contributed by atoms with Crippen molar-refractivity contribution in [2.75, 3.05) is 26.2 Å². The Labute approximate surface area is 157 Å². The minimum absolute atomic E-state index is 0.215. The highest BCUT2D eigenvalue weighted by atomic mass is 32.2. The second-order valence-electron chi connectivity index (χ2n) is 7.54. The molecule has 2 aliphatic rings. The molecule has 0 unspecified atom stereocenters. The topological polar surface area (TPSA) is 57.7 Å². The fourth-order valence-electron chi connectivity index (χ4n) is 3.51. The maximum absolute atomic E-state index is 12.5. The minimum atomic E-state index is -3.36. The number of nitrogens with zero attached hydrogens (tertiary/aromatic N) is 2. The Morgan fingerprint density at radius 3 is 2.38 bits per heavy atom. The molecule has 1 saturated heterocycles. The van der Waals surface area contributed by atoms with Crippen LogP contribution in [0.1, 0.15) is 51.0 Å². The van der Waals surface area contributed by atoms with Gasteiger partial charge in [-0.05, 0) is 62.1 Å². The van der Waals surface area contributed by atoms with E-state index in [-0.39, 0.29) is 5.91 Å². The highest BCUT2D eigenvalue weighted by Crippen LogP contribution is 2.30. The number of benzene rings is 1. The van der Waals surface area contributed by atoms with Crippen LogP contribution in [0.2, 0.25) is 0 Å². The number of carbonyl (C=O) groups excluding carboxylic acids is 1. The lowest BCUT2D eigenvalue weighted by Gasteiger charge is -2.22. The van der Waals surface area contributed by atoms with E-state index in [0.717, 1.165) is 37.9 Å². The largest absolute Gasteiger partial charge is 0.342 e. The van der Waals surface area contributed by atoms with Crippen LogP contribution in [0.3, 0.4) is 0 Å². The maximum Gasteiger partial charge on any atom is 0.243 e. The van der Waals surface area contributed by atoms with Gasteiger partial charge in [-0.25, -0.2) is 8.42 Å². The predicted molar refractivity (Wildman–Crippen MR) is 102 cm³/mol. The third-order valence-electron chi connectivity index (χ3n) is 5.28. The molecule has 1 aliphatic carbocycles. The molecule has 144 valence electrons. The second kappa shape index (κ2) is 8.53. The standard InChI is InChI=1S/C20H30N2O3S/c1-2-13-21(16-18-5-6-18)20(23)12-9-17-7-10-19(11-8-17)26(24,25)22-14-3-4-15-22/h7-8,10-11,18H,2-6,9,12-16H2,1H3. The van der Waals surface area contributed by atoms with Gasteiger partial charge < -0.3 is 4.90 Å². The lowest BCUT2D eigenvalue weighted by Crippen LogP contribution is -2.33. The molecule has 0 atom stereocenters. The van der Waals surface area contributed by atoms with Crippen molar-refractivity contribution < 1.29 is 13.2 Å². The Kier molecular flexibility index (Phi) is 6.35. The average molecular weight is 379 g/mol. The van der Waals surface area contributed by atoms with Crippen molar-refractivity contribution in [1.82, 2.24) is 9.21 Å². The molecule has 3 rings (SSSR count). The molecule has 1 amide bonds.